The highest BCUT2D eigenvalue weighted by atomic mass is 35.5. The summed E-state index contributed by atoms with van der Waals surface area (Å²) in [6.07, 6.45) is 0. The molecule has 0 radical (unpaired) electrons. The number of halogens is 2. The summed E-state index contributed by atoms with van der Waals surface area (Å²) in [4.78, 5) is 19.8. The molecular weight excluding hydrogens is 409 g/mol. The molecule has 0 unspecified atom stereocenters. The molecule has 0 spiro atoms. The van der Waals surface area contributed by atoms with Crippen molar-refractivity contribution in [2.24, 2.45) is 18.2 Å². The first kappa shape index (κ1) is 24.9. The number of nitrogens with two attached hydrogens (primary N) is 1. The van der Waals surface area contributed by atoms with Crippen LogP contribution in [0.5, 0.6) is 0 Å². The summed E-state index contributed by atoms with van der Waals surface area (Å²) in [6.45, 7) is 7.11. The summed E-state index contributed by atoms with van der Waals surface area (Å²) in [5, 5.41) is 5.29. The van der Waals surface area contributed by atoms with Crippen LogP contribution in [0.3, 0.4) is 0 Å². The predicted octanol–water partition coefficient (Wildman–Crippen LogP) is 3.84. The Kier molecular flexibility index (Phi) is 8.21. The fourth-order valence-corrected chi connectivity index (χ4v) is 3.35. The van der Waals surface area contributed by atoms with Crippen molar-refractivity contribution in [2.45, 2.75) is 20.8 Å². The standard InChI is InChI=1S/C21H27N5O.2ClH/c1-14-18-16(20(27)25(4)13-21(2,3)12-22)11-17(15-9-7-6-8-10-15)23-19(18)26(5)24-14;;/h6-11H,12-13,22H2,1-5H3;2*1H. The Balaban J connectivity index is 0.00000210. The van der Waals surface area contributed by atoms with E-state index < -0.39 is 0 Å². The van der Waals surface area contributed by atoms with Gasteiger partial charge in [0.15, 0.2) is 5.65 Å². The largest absolute Gasteiger partial charge is 0.341 e. The normalized spacial score (nSPS) is 11.0. The zero-order valence-electron chi connectivity index (χ0n) is 17.5. The van der Waals surface area contributed by atoms with Crippen molar-refractivity contribution in [1.82, 2.24) is 19.7 Å². The quantitative estimate of drug-likeness (QED) is 0.657. The number of aryl methyl sites for hydroxylation is 2. The van der Waals surface area contributed by atoms with Crippen LogP contribution in [0, 0.1) is 12.3 Å². The summed E-state index contributed by atoms with van der Waals surface area (Å²) in [7, 11) is 3.67. The number of fused-ring (bicyclic) bond motifs is 1. The minimum absolute atomic E-state index is 0. The zero-order chi connectivity index (χ0) is 19.8. The summed E-state index contributed by atoms with van der Waals surface area (Å²) in [6, 6.07) is 11.8. The number of rotatable bonds is 5. The number of nitrogens with zero attached hydrogens (tertiary/aromatic N) is 4. The molecule has 0 aliphatic heterocycles. The Morgan fingerprint density at radius 3 is 2.41 bits per heavy atom. The average Bonchev–Trinajstić information content (AvgIpc) is 2.95. The molecule has 0 saturated carbocycles. The molecule has 3 aromatic rings. The molecule has 1 amide bonds. The monoisotopic (exact) mass is 437 g/mol. The van der Waals surface area contributed by atoms with Crippen LogP contribution < -0.4 is 5.73 Å². The Bertz CT molecular complexity index is 986. The first-order valence-electron chi connectivity index (χ1n) is 9.09. The lowest BCUT2D eigenvalue weighted by atomic mass is 9.93. The van der Waals surface area contributed by atoms with Gasteiger partial charge < -0.3 is 10.6 Å². The smallest absolute Gasteiger partial charge is 0.254 e. The molecule has 2 N–H and O–H groups in total. The molecule has 2 aromatic heterocycles. The molecule has 0 bridgehead atoms. The maximum Gasteiger partial charge on any atom is 0.254 e. The van der Waals surface area contributed by atoms with Crippen molar-refractivity contribution in [2.75, 3.05) is 20.1 Å². The van der Waals surface area contributed by atoms with E-state index in [1.807, 2.05) is 57.4 Å². The second-order valence-corrected chi connectivity index (χ2v) is 7.86. The third-order valence-corrected chi connectivity index (χ3v) is 4.83. The van der Waals surface area contributed by atoms with Crippen molar-refractivity contribution in [3.05, 3.63) is 47.7 Å². The van der Waals surface area contributed by atoms with Gasteiger partial charge in [0.25, 0.3) is 5.91 Å². The fraction of sp³-hybridized carbons (Fsp3) is 0.381. The number of aromatic nitrogens is 3. The first-order chi connectivity index (χ1) is 12.7. The van der Waals surface area contributed by atoms with Crippen LogP contribution in [-0.2, 0) is 7.05 Å². The van der Waals surface area contributed by atoms with Gasteiger partial charge in [-0.1, -0.05) is 44.2 Å². The highest BCUT2D eigenvalue weighted by molar-refractivity contribution is 6.07. The number of amides is 1. The van der Waals surface area contributed by atoms with E-state index in [0.717, 1.165) is 22.3 Å². The van der Waals surface area contributed by atoms with Crippen LogP contribution in [-0.4, -0.2) is 45.7 Å². The molecule has 6 nitrogen and oxygen atoms in total. The Morgan fingerprint density at radius 2 is 1.83 bits per heavy atom. The lowest BCUT2D eigenvalue weighted by Crippen LogP contribution is -2.39. The summed E-state index contributed by atoms with van der Waals surface area (Å²) < 4.78 is 1.73. The van der Waals surface area contributed by atoms with Crippen molar-refractivity contribution in [3.8, 4) is 11.3 Å². The summed E-state index contributed by atoms with van der Waals surface area (Å²) in [5.74, 6) is -0.0443. The van der Waals surface area contributed by atoms with Crippen LogP contribution in [0.25, 0.3) is 22.3 Å². The Labute approximate surface area is 184 Å². The van der Waals surface area contributed by atoms with Crippen LogP contribution in [0.1, 0.15) is 29.9 Å². The van der Waals surface area contributed by atoms with Gasteiger partial charge in [-0.15, -0.1) is 24.8 Å². The maximum atomic E-state index is 13.3. The van der Waals surface area contributed by atoms with Gasteiger partial charge in [0.05, 0.1) is 22.3 Å². The molecule has 2 heterocycles. The van der Waals surface area contributed by atoms with Gasteiger partial charge in [0.1, 0.15) is 0 Å². The SMILES string of the molecule is Cc1nn(C)c2nc(-c3ccccc3)cc(C(=O)N(C)CC(C)(C)CN)c12.Cl.Cl. The van der Waals surface area contributed by atoms with Crippen molar-refractivity contribution in [3.63, 3.8) is 0 Å². The maximum absolute atomic E-state index is 13.3. The summed E-state index contributed by atoms with van der Waals surface area (Å²) >= 11 is 0. The van der Waals surface area contributed by atoms with Gasteiger partial charge in [-0.05, 0) is 24.9 Å². The number of carbonyl (C=O) groups is 1. The highest BCUT2D eigenvalue weighted by Crippen LogP contribution is 2.28. The summed E-state index contributed by atoms with van der Waals surface area (Å²) in [5.41, 5.74) is 9.57. The predicted molar refractivity (Wildman–Crippen MR) is 123 cm³/mol. The molecule has 29 heavy (non-hydrogen) atoms. The second-order valence-electron chi connectivity index (χ2n) is 7.86. The molecule has 0 aliphatic rings. The Morgan fingerprint density at radius 1 is 1.21 bits per heavy atom. The minimum Gasteiger partial charge on any atom is -0.341 e. The molecule has 0 atom stereocenters. The number of pyridine rings is 1. The first-order valence-corrected chi connectivity index (χ1v) is 9.09. The lowest BCUT2D eigenvalue weighted by Gasteiger charge is -2.29. The van der Waals surface area contributed by atoms with Gasteiger partial charge in [-0.3, -0.25) is 9.48 Å². The molecule has 0 saturated heterocycles. The fourth-order valence-electron chi connectivity index (χ4n) is 3.35. The van der Waals surface area contributed by atoms with Crippen LogP contribution in [0.15, 0.2) is 36.4 Å². The van der Waals surface area contributed by atoms with E-state index in [4.69, 9.17) is 10.7 Å². The van der Waals surface area contributed by atoms with Crippen LogP contribution >= 0.6 is 24.8 Å². The highest BCUT2D eigenvalue weighted by Gasteiger charge is 2.25. The van der Waals surface area contributed by atoms with Crippen LogP contribution in [0.4, 0.5) is 0 Å². The molecule has 0 aliphatic carbocycles. The molecule has 0 fully saturated rings. The van der Waals surface area contributed by atoms with E-state index in [2.05, 4.69) is 18.9 Å². The van der Waals surface area contributed by atoms with Gasteiger partial charge in [0.2, 0.25) is 0 Å². The number of carbonyl (C=O) groups excluding carboxylic acids is 1. The van der Waals surface area contributed by atoms with E-state index >= 15 is 0 Å². The van der Waals surface area contributed by atoms with Crippen LogP contribution in [0.2, 0.25) is 0 Å². The van der Waals surface area contributed by atoms with Gasteiger partial charge >= 0.3 is 0 Å². The third-order valence-electron chi connectivity index (χ3n) is 4.83. The number of benzene rings is 1. The van der Waals surface area contributed by atoms with E-state index in [1.54, 1.807) is 9.58 Å². The van der Waals surface area contributed by atoms with E-state index in [1.165, 1.54) is 0 Å². The zero-order valence-corrected chi connectivity index (χ0v) is 19.1. The third kappa shape index (κ3) is 5.07. The van der Waals surface area contributed by atoms with Crippen molar-refractivity contribution in [1.29, 1.82) is 0 Å². The van der Waals surface area contributed by atoms with E-state index in [0.29, 0.717) is 24.3 Å². The van der Waals surface area contributed by atoms with Crippen molar-refractivity contribution >= 4 is 41.8 Å². The van der Waals surface area contributed by atoms with Gasteiger partial charge in [-0.25, -0.2) is 4.98 Å². The molecular formula is C21H29Cl2N5O. The molecule has 1 aromatic carbocycles. The molecule has 158 valence electrons. The van der Waals surface area contributed by atoms with E-state index in [9.17, 15) is 4.79 Å². The minimum atomic E-state index is -0.150. The molecule has 8 heteroatoms. The van der Waals surface area contributed by atoms with Gasteiger partial charge in [0, 0.05) is 26.2 Å². The Hall–Kier alpha value is -2.15. The second kappa shape index (κ2) is 9.57. The van der Waals surface area contributed by atoms with Gasteiger partial charge in [-0.2, -0.15) is 5.10 Å². The molecule has 3 rings (SSSR count). The number of hydrogen-bond acceptors (Lipinski definition) is 4. The number of hydrogen-bond donors (Lipinski definition) is 1. The average molecular weight is 438 g/mol. The van der Waals surface area contributed by atoms with E-state index in [-0.39, 0.29) is 36.1 Å². The van der Waals surface area contributed by atoms with Crippen molar-refractivity contribution < 1.29 is 4.79 Å². The lowest BCUT2D eigenvalue weighted by molar-refractivity contribution is 0.0742. The topological polar surface area (TPSA) is 77.0 Å².